The van der Waals surface area contributed by atoms with Gasteiger partial charge in [0.15, 0.2) is 5.82 Å². The molecule has 1 heterocycles. The van der Waals surface area contributed by atoms with Crippen molar-refractivity contribution in [2.45, 2.75) is 0 Å². The van der Waals surface area contributed by atoms with E-state index in [0.29, 0.717) is 11.5 Å². The minimum absolute atomic E-state index is 0. The zero-order valence-electron chi connectivity index (χ0n) is 12.8. The number of halogens is 1. The van der Waals surface area contributed by atoms with Gasteiger partial charge in [0.25, 0.3) is 0 Å². The summed E-state index contributed by atoms with van der Waals surface area (Å²) in [6, 6.07) is 19.6. The molecule has 0 aliphatic heterocycles. The van der Waals surface area contributed by atoms with E-state index in [1.54, 1.807) is 6.20 Å². The molecule has 1 aromatic heterocycles. The van der Waals surface area contributed by atoms with Gasteiger partial charge in [-0.1, -0.05) is 60.7 Å². The van der Waals surface area contributed by atoms with Gasteiger partial charge in [-0.3, -0.25) is 9.78 Å². The summed E-state index contributed by atoms with van der Waals surface area (Å²) in [5.41, 5.74) is 8.71. The highest BCUT2D eigenvalue weighted by Gasteiger charge is 2.12. The Hall–Kier alpha value is -2.76. The summed E-state index contributed by atoms with van der Waals surface area (Å²) in [5, 5.41) is 2.64. The van der Waals surface area contributed by atoms with Crippen LogP contribution in [0.4, 0.5) is 5.82 Å². The standard InChI is InChI=1S/C18H16N4O.ClH/c19-11-16(23)21-15-12-20-17(13-7-3-1-4-8-13)18(22-15)14-9-5-2-6-10-14;/h1-10,12H,11,19H2,(H,21,22,23);1H. The molecule has 3 N–H and O–H groups in total. The van der Waals surface area contributed by atoms with E-state index < -0.39 is 0 Å². The molecule has 3 rings (SSSR count). The molecule has 0 saturated carbocycles. The van der Waals surface area contributed by atoms with E-state index in [1.165, 1.54) is 0 Å². The first kappa shape index (κ1) is 17.6. The lowest BCUT2D eigenvalue weighted by Crippen LogP contribution is -2.22. The number of aromatic nitrogens is 2. The Bertz CT molecular complexity index is 810. The second-order valence-electron chi connectivity index (χ2n) is 4.94. The van der Waals surface area contributed by atoms with Crippen LogP contribution in [0.5, 0.6) is 0 Å². The van der Waals surface area contributed by atoms with Crippen molar-refractivity contribution in [2.24, 2.45) is 5.73 Å². The van der Waals surface area contributed by atoms with Crippen LogP contribution in [-0.2, 0) is 4.79 Å². The van der Waals surface area contributed by atoms with Gasteiger partial charge in [-0.15, -0.1) is 12.4 Å². The average Bonchev–Trinajstić information content (AvgIpc) is 2.63. The van der Waals surface area contributed by atoms with Gasteiger partial charge in [0, 0.05) is 11.1 Å². The van der Waals surface area contributed by atoms with Gasteiger partial charge in [0.05, 0.1) is 24.1 Å². The van der Waals surface area contributed by atoms with Crippen molar-refractivity contribution in [3.63, 3.8) is 0 Å². The number of nitrogens with one attached hydrogen (secondary N) is 1. The fourth-order valence-electron chi connectivity index (χ4n) is 2.25. The SMILES string of the molecule is Cl.NCC(=O)Nc1cnc(-c2ccccc2)c(-c2ccccc2)n1. The third kappa shape index (κ3) is 3.95. The molecule has 0 saturated heterocycles. The van der Waals surface area contributed by atoms with Gasteiger partial charge in [0.1, 0.15) is 0 Å². The Balaban J connectivity index is 0.00000208. The first-order valence-corrected chi connectivity index (χ1v) is 7.25. The smallest absolute Gasteiger partial charge is 0.239 e. The molecule has 0 atom stereocenters. The number of rotatable bonds is 4. The van der Waals surface area contributed by atoms with Crippen molar-refractivity contribution in [2.75, 3.05) is 11.9 Å². The number of benzene rings is 2. The molecule has 6 heteroatoms. The van der Waals surface area contributed by atoms with Crippen molar-refractivity contribution in [3.05, 3.63) is 66.9 Å². The predicted molar refractivity (Wildman–Crippen MR) is 97.8 cm³/mol. The maximum Gasteiger partial charge on any atom is 0.239 e. The molecule has 0 aliphatic carbocycles. The molecule has 3 aromatic rings. The molecule has 1 amide bonds. The lowest BCUT2D eigenvalue weighted by Gasteiger charge is -2.11. The van der Waals surface area contributed by atoms with E-state index in [4.69, 9.17) is 5.73 Å². The van der Waals surface area contributed by atoms with Crippen LogP contribution < -0.4 is 11.1 Å². The van der Waals surface area contributed by atoms with Gasteiger partial charge in [-0.05, 0) is 0 Å². The molecule has 24 heavy (non-hydrogen) atoms. The minimum atomic E-state index is -0.300. The molecule has 0 fully saturated rings. The summed E-state index contributed by atoms with van der Waals surface area (Å²) < 4.78 is 0. The number of anilines is 1. The number of carbonyl (C=O) groups excluding carboxylic acids is 1. The van der Waals surface area contributed by atoms with Gasteiger partial charge in [-0.2, -0.15) is 0 Å². The number of hydrogen-bond donors (Lipinski definition) is 2. The topological polar surface area (TPSA) is 80.9 Å². The maximum atomic E-state index is 11.5. The summed E-state index contributed by atoms with van der Waals surface area (Å²) >= 11 is 0. The molecular formula is C18H17ClN4O. The van der Waals surface area contributed by atoms with Crippen LogP contribution in [0.3, 0.4) is 0 Å². The average molecular weight is 341 g/mol. The predicted octanol–water partition coefficient (Wildman–Crippen LogP) is 3.13. The van der Waals surface area contributed by atoms with E-state index in [9.17, 15) is 4.79 Å². The molecule has 0 aliphatic rings. The molecule has 0 unspecified atom stereocenters. The molecule has 0 bridgehead atoms. The van der Waals surface area contributed by atoms with Gasteiger partial charge in [0.2, 0.25) is 5.91 Å². The Morgan fingerprint density at radius 3 is 2.00 bits per heavy atom. The van der Waals surface area contributed by atoms with Crippen molar-refractivity contribution in [1.29, 1.82) is 0 Å². The number of amides is 1. The van der Waals surface area contributed by atoms with Crippen LogP contribution in [0.1, 0.15) is 0 Å². The summed E-state index contributed by atoms with van der Waals surface area (Å²) in [5.74, 6) is 0.0877. The molecule has 0 spiro atoms. The van der Waals surface area contributed by atoms with Crippen LogP contribution in [0.25, 0.3) is 22.5 Å². The highest BCUT2D eigenvalue weighted by molar-refractivity contribution is 5.91. The first-order chi connectivity index (χ1) is 11.3. The second-order valence-corrected chi connectivity index (χ2v) is 4.94. The van der Waals surface area contributed by atoms with Gasteiger partial charge >= 0.3 is 0 Å². The summed E-state index contributed by atoms with van der Waals surface area (Å²) in [6.07, 6.45) is 1.54. The van der Waals surface area contributed by atoms with Crippen molar-refractivity contribution in [3.8, 4) is 22.5 Å². The fourth-order valence-corrected chi connectivity index (χ4v) is 2.25. The van der Waals surface area contributed by atoms with Crippen LogP contribution in [0.2, 0.25) is 0 Å². The zero-order valence-corrected chi connectivity index (χ0v) is 13.7. The number of carbonyl (C=O) groups is 1. The molecule has 0 radical (unpaired) electrons. The fraction of sp³-hybridized carbons (Fsp3) is 0.0556. The summed E-state index contributed by atoms with van der Waals surface area (Å²) in [6.45, 7) is -0.0945. The monoisotopic (exact) mass is 340 g/mol. The molecule has 5 nitrogen and oxygen atoms in total. The maximum absolute atomic E-state index is 11.5. The van der Waals surface area contributed by atoms with Gasteiger partial charge < -0.3 is 11.1 Å². The molecular weight excluding hydrogens is 324 g/mol. The molecule has 122 valence electrons. The lowest BCUT2D eigenvalue weighted by molar-refractivity contribution is -0.114. The highest BCUT2D eigenvalue weighted by Crippen LogP contribution is 2.29. The highest BCUT2D eigenvalue weighted by atomic mass is 35.5. The normalized spacial score (nSPS) is 9.88. The number of nitrogens with zero attached hydrogens (tertiary/aromatic N) is 2. The van der Waals surface area contributed by atoms with Crippen LogP contribution >= 0.6 is 12.4 Å². The Kier molecular flexibility index (Phi) is 6.01. The number of hydrogen-bond acceptors (Lipinski definition) is 4. The number of nitrogens with two attached hydrogens (primary N) is 1. The van der Waals surface area contributed by atoms with Gasteiger partial charge in [-0.25, -0.2) is 4.98 Å². The third-order valence-electron chi connectivity index (χ3n) is 3.32. The third-order valence-corrected chi connectivity index (χ3v) is 3.32. The zero-order chi connectivity index (χ0) is 16.1. The van der Waals surface area contributed by atoms with E-state index in [2.05, 4.69) is 15.3 Å². The first-order valence-electron chi connectivity index (χ1n) is 7.25. The van der Waals surface area contributed by atoms with Crippen LogP contribution in [0.15, 0.2) is 66.9 Å². The molecule has 2 aromatic carbocycles. The van der Waals surface area contributed by atoms with Crippen LogP contribution in [-0.4, -0.2) is 22.4 Å². The van der Waals surface area contributed by atoms with E-state index in [-0.39, 0.29) is 24.9 Å². The Morgan fingerprint density at radius 2 is 1.46 bits per heavy atom. The minimum Gasteiger partial charge on any atom is -0.322 e. The van der Waals surface area contributed by atoms with Crippen LogP contribution in [0, 0.1) is 0 Å². The van der Waals surface area contributed by atoms with E-state index >= 15 is 0 Å². The largest absolute Gasteiger partial charge is 0.322 e. The van der Waals surface area contributed by atoms with E-state index in [0.717, 1.165) is 16.8 Å². The second kappa shape index (κ2) is 8.19. The summed E-state index contributed by atoms with van der Waals surface area (Å²) in [4.78, 5) is 20.5. The summed E-state index contributed by atoms with van der Waals surface area (Å²) in [7, 11) is 0. The van der Waals surface area contributed by atoms with Crippen molar-refractivity contribution < 1.29 is 4.79 Å². The van der Waals surface area contributed by atoms with E-state index in [1.807, 2.05) is 60.7 Å². The lowest BCUT2D eigenvalue weighted by atomic mass is 10.0. The Morgan fingerprint density at radius 1 is 0.917 bits per heavy atom. The van der Waals surface area contributed by atoms with Crippen molar-refractivity contribution >= 4 is 24.1 Å². The Labute approximate surface area is 146 Å². The van der Waals surface area contributed by atoms with Crippen molar-refractivity contribution in [1.82, 2.24) is 9.97 Å². The quantitative estimate of drug-likeness (QED) is 0.764.